The molecule has 1 heterocycles. The number of hydrogen-bond acceptors (Lipinski definition) is 5. The van der Waals surface area contributed by atoms with Gasteiger partial charge in [0.05, 0.1) is 18.9 Å². The number of thioether (sulfide) groups is 1. The lowest BCUT2D eigenvalue weighted by atomic mass is 10.3. The Kier molecular flexibility index (Phi) is 6.10. The number of hydrogen-bond donors (Lipinski definition) is 1. The molecule has 7 heteroatoms. The van der Waals surface area contributed by atoms with Crippen LogP contribution in [-0.2, 0) is 11.3 Å². The van der Waals surface area contributed by atoms with Crippen LogP contribution < -0.4 is 10.3 Å². The predicted octanol–water partition coefficient (Wildman–Crippen LogP) is 2.74. The first-order chi connectivity index (χ1) is 10.2. The molecule has 0 radical (unpaired) electrons. The maximum atomic E-state index is 11.5. The fourth-order valence-electron chi connectivity index (χ4n) is 1.60. The summed E-state index contributed by atoms with van der Waals surface area (Å²) in [5, 5.41) is 1.24. The minimum absolute atomic E-state index is 0.182. The Balaban J connectivity index is 1.83. The zero-order valence-electron chi connectivity index (χ0n) is 11.5. The van der Waals surface area contributed by atoms with Gasteiger partial charge in [0, 0.05) is 24.0 Å². The summed E-state index contributed by atoms with van der Waals surface area (Å²) in [4.78, 5) is 18.4. The predicted molar refractivity (Wildman–Crippen MR) is 83.2 cm³/mol. The average Bonchev–Trinajstić information content (AvgIpc) is 2.45. The van der Waals surface area contributed by atoms with Crippen molar-refractivity contribution in [1.82, 2.24) is 9.97 Å². The molecule has 1 aromatic heterocycles. The number of aromatic nitrogens is 2. The summed E-state index contributed by atoms with van der Waals surface area (Å²) in [6, 6.07) is 8.60. The summed E-state index contributed by atoms with van der Waals surface area (Å²) < 4.78 is 10.5. The van der Waals surface area contributed by atoms with Crippen molar-refractivity contribution in [1.29, 1.82) is 0 Å². The molecule has 0 fully saturated rings. The lowest BCUT2D eigenvalue weighted by Gasteiger charge is -2.06. The second kappa shape index (κ2) is 8.07. The Morgan fingerprint density at radius 2 is 2.10 bits per heavy atom. The highest BCUT2D eigenvalue weighted by Crippen LogP contribution is 2.17. The van der Waals surface area contributed by atoms with Crippen molar-refractivity contribution in [3.63, 3.8) is 0 Å². The molecule has 0 saturated heterocycles. The number of rotatable bonds is 7. The van der Waals surface area contributed by atoms with Crippen molar-refractivity contribution in [3.8, 4) is 5.75 Å². The van der Waals surface area contributed by atoms with Crippen LogP contribution in [0.2, 0.25) is 5.02 Å². The molecule has 2 aromatic rings. The van der Waals surface area contributed by atoms with Gasteiger partial charge in [-0.3, -0.25) is 4.79 Å². The van der Waals surface area contributed by atoms with Crippen LogP contribution in [0, 0.1) is 0 Å². The van der Waals surface area contributed by atoms with E-state index in [4.69, 9.17) is 21.1 Å². The smallest absolute Gasteiger partial charge is 0.251 e. The molecular weight excluding hydrogens is 312 g/mol. The third kappa shape index (κ3) is 5.41. The van der Waals surface area contributed by atoms with E-state index >= 15 is 0 Å². The number of methoxy groups -OCH3 is 1. The van der Waals surface area contributed by atoms with Crippen LogP contribution in [0.3, 0.4) is 0 Å². The number of nitrogens with zero attached hydrogens (tertiary/aromatic N) is 1. The van der Waals surface area contributed by atoms with E-state index in [0.29, 0.717) is 34.8 Å². The molecule has 2 rings (SSSR count). The highest BCUT2D eigenvalue weighted by molar-refractivity contribution is 7.99. The highest BCUT2D eigenvalue weighted by atomic mass is 35.5. The Hall–Kier alpha value is -1.50. The van der Waals surface area contributed by atoms with Gasteiger partial charge in [-0.15, -0.1) is 0 Å². The monoisotopic (exact) mass is 326 g/mol. The van der Waals surface area contributed by atoms with Crippen molar-refractivity contribution in [3.05, 3.63) is 51.4 Å². The summed E-state index contributed by atoms with van der Waals surface area (Å²) >= 11 is 7.22. The molecular formula is C14H15ClN2O3S. The van der Waals surface area contributed by atoms with E-state index in [9.17, 15) is 4.79 Å². The van der Waals surface area contributed by atoms with E-state index in [0.717, 1.165) is 5.75 Å². The number of halogens is 1. The third-order valence-electron chi connectivity index (χ3n) is 2.47. The molecule has 0 unspecified atom stereocenters. The molecule has 112 valence electrons. The second-order valence-electron chi connectivity index (χ2n) is 4.13. The van der Waals surface area contributed by atoms with E-state index in [-0.39, 0.29) is 5.56 Å². The molecule has 1 N–H and O–H groups in total. The Bertz CT molecular complexity index is 631. The lowest BCUT2D eigenvalue weighted by molar-refractivity contribution is 0.180. The van der Waals surface area contributed by atoms with Gasteiger partial charge in [-0.25, -0.2) is 4.98 Å². The Morgan fingerprint density at radius 1 is 1.33 bits per heavy atom. The zero-order chi connectivity index (χ0) is 15.1. The summed E-state index contributed by atoms with van der Waals surface area (Å²) in [5.74, 6) is 1.43. The largest absolute Gasteiger partial charge is 0.493 e. The van der Waals surface area contributed by atoms with E-state index in [1.54, 1.807) is 19.2 Å². The first-order valence-electron chi connectivity index (χ1n) is 6.28. The van der Waals surface area contributed by atoms with Crippen LogP contribution in [0.25, 0.3) is 0 Å². The van der Waals surface area contributed by atoms with Crippen molar-refractivity contribution in [2.24, 2.45) is 0 Å². The molecule has 0 aliphatic carbocycles. The van der Waals surface area contributed by atoms with Gasteiger partial charge < -0.3 is 14.5 Å². The fraction of sp³-hybridized carbons (Fsp3) is 0.286. The van der Waals surface area contributed by atoms with Gasteiger partial charge in [-0.1, -0.05) is 23.4 Å². The molecule has 0 aliphatic heterocycles. The van der Waals surface area contributed by atoms with E-state index in [1.165, 1.54) is 17.8 Å². The number of nitrogens with one attached hydrogen (secondary N) is 1. The van der Waals surface area contributed by atoms with Crippen molar-refractivity contribution in [2.45, 2.75) is 11.8 Å². The van der Waals surface area contributed by atoms with Gasteiger partial charge in [-0.2, -0.15) is 0 Å². The minimum Gasteiger partial charge on any atom is -0.493 e. The summed E-state index contributed by atoms with van der Waals surface area (Å²) in [6.07, 6.45) is 0. The van der Waals surface area contributed by atoms with Crippen LogP contribution in [0.5, 0.6) is 5.75 Å². The Morgan fingerprint density at radius 3 is 2.81 bits per heavy atom. The second-order valence-corrected chi connectivity index (χ2v) is 5.65. The van der Waals surface area contributed by atoms with Crippen LogP contribution in [-0.4, -0.2) is 29.4 Å². The maximum Gasteiger partial charge on any atom is 0.251 e. The molecule has 21 heavy (non-hydrogen) atoms. The molecule has 0 saturated carbocycles. The van der Waals surface area contributed by atoms with Gasteiger partial charge in [-0.05, 0) is 24.3 Å². The summed E-state index contributed by atoms with van der Waals surface area (Å²) in [7, 11) is 1.57. The maximum absolute atomic E-state index is 11.5. The first-order valence-corrected chi connectivity index (χ1v) is 7.64. The zero-order valence-corrected chi connectivity index (χ0v) is 13.0. The van der Waals surface area contributed by atoms with Gasteiger partial charge in [0.2, 0.25) is 0 Å². The van der Waals surface area contributed by atoms with Crippen molar-refractivity contribution < 1.29 is 9.47 Å². The van der Waals surface area contributed by atoms with E-state index in [2.05, 4.69) is 9.97 Å². The minimum atomic E-state index is -0.182. The molecule has 0 amide bonds. The standard InChI is InChI=1S/C14H15ClN2O3S/c1-19-9-11-8-13(18)17-14(16-11)21-7-6-20-12-4-2-10(15)3-5-12/h2-5,8H,6-7,9H2,1H3,(H,16,17,18). The van der Waals surface area contributed by atoms with E-state index < -0.39 is 0 Å². The Labute approximate surface area is 131 Å². The van der Waals surface area contributed by atoms with E-state index in [1.807, 2.05) is 12.1 Å². The third-order valence-corrected chi connectivity index (χ3v) is 3.56. The number of ether oxygens (including phenoxy) is 2. The number of benzene rings is 1. The molecule has 0 atom stereocenters. The summed E-state index contributed by atoms with van der Waals surface area (Å²) in [5.41, 5.74) is 0.431. The molecule has 0 aliphatic rings. The van der Waals surface area contributed by atoms with Gasteiger partial charge >= 0.3 is 0 Å². The van der Waals surface area contributed by atoms with Crippen molar-refractivity contribution >= 4 is 23.4 Å². The average molecular weight is 327 g/mol. The normalized spacial score (nSPS) is 10.6. The van der Waals surface area contributed by atoms with Crippen LogP contribution in [0.4, 0.5) is 0 Å². The summed E-state index contributed by atoms with van der Waals surface area (Å²) in [6.45, 7) is 0.823. The number of aromatic amines is 1. The first kappa shape index (κ1) is 15.9. The van der Waals surface area contributed by atoms with Crippen LogP contribution in [0.1, 0.15) is 5.69 Å². The fourth-order valence-corrected chi connectivity index (χ4v) is 2.44. The van der Waals surface area contributed by atoms with Gasteiger partial charge in [0.25, 0.3) is 5.56 Å². The quantitative estimate of drug-likeness (QED) is 0.481. The van der Waals surface area contributed by atoms with Crippen LogP contribution in [0.15, 0.2) is 40.3 Å². The van der Waals surface area contributed by atoms with Gasteiger partial charge in [0.15, 0.2) is 5.16 Å². The SMILES string of the molecule is COCc1cc(=O)[nH]c(SCCOc2ccc(Cl)cc2)n1. The van der Waals surface area contributed by atoms with Crippen molar-refractivity contribution in [2.75, 3.05) is 19.5 Å². The molecule has 5 nitrogen and oxygen atoms in total. The topological polar surface area (TPSA) is 64.2 Å². The lowest BCUT2D eigenvalue weighted by Crippen LogP contribution is -2.11. The highest BCUT2D eigenvalue weighted by Gasteiger charge is 2.02. The molecule has 0 spiro atoms. The van der Waals surface area contributed by atoms with Gasteiger partial charge in [0.1, 0.15) is 5.75 Å². The van der Waals surface area contributed by atoms with Crippen LogP contribution >= 0.6 is 23.4 Å². The number of H-pyrrole nitrogens is 1. The molecule has 1 aromatic carbocycles. The molecule has 0 bridgehead atoms.